The highest BCUT2D eigenvalue weighted by Crippen LogP contribution is 2.22. The molecule has 0 unspecified atom stereocenters. The van der Waals surface area contributed by atoms with Crippen molar-refractivity contribution >= 4 is 17.0 Å². The van der Waals surface area contributed by atoms with Crippen molar-refractivity contribution in [2.45, 2.75) is 0 Å². The Kier molecular flexibility index (Phi) is 2.34. The monoisotopic (exact) mass is 244 g/mol. The molecule has 2 aromatic heterocycles. The van der Waals surface area contributed by atoms with Crippen molar-refractivity contribution in [3.63, 3.8) is 0 Å². The molecule has 3 aromatic rings. The van der Waals surface area contributed by atoms with Gasteiger partial charge in [-0.2, -0.15) is 4.98 Å². The smallest absolute Gasteiger partial charge is 0.277 e. The molecule has 5 nitrogen and oxygen atoms in total. The molecule has 1 aromatic carbocycles. The average Bonchev–Trinajstić information content (AvgIpc) is 3.00. The lowest BCUT2D eigenvalue weighted by Crippen LogP contribution is -1.85. The normalized spacial score (nSPS) is 10.6. The number of benzene rings is 1. The predicted molar refractivity (Wildman–Crippen MR) is 65.3 cm³/mol. The van der Waals surface area contributed by atoms with E-state index in [2.05, 4.69) is 15.1 Å². The Bertz CT molecular complexity index is 615. The fourth-order valence-electron chi connectivity index (χ4n) is 1.40. The maximum Gasteiger partial charge on any atom is 0.277 e. The van der Waals surface area contributed by atoms with Crippen molar-refractivity contribution in [3.8, 4) is 23.0 Å². The van der Waals surface area contributed by atoms with Crippen LogP contribution < -0.4 is 5.73 Å². The zero-order valence-corrected chi connectivity index (χ0v) is 9.52. The van der Waals surface area contributed by atoms with Crippen LogP contribution in [0.1, 0.15) is 0 Å². The Morgan fingerprint density at radius 2 is 2.00 bits per heavy atom. The molecule has 3 rings (SSSR count). The van der Waals surface area contributed by atoms with E-state index in [1.54, 1.807) is 17.6 Å². The summed E-state index contributed by atoms with van der Waals surface area (Å²) in [5.74, 6) is 0.964. The van der Waals surface area contributed by atoms with Gasteiger partial charge in [0.2, 0.25) is 5.82 Å². The van der Waals surface area contributed by atoms with E-state index in [9.17, 15) is 0 Å². The van der Waals surface area contributed by atoms with Crippen molar-refractivity contribution in [3.05, 3.63) is 35.2 Å². The summed E-state index contributed by atoms with van der Waals surface area (Å²) in [5.41, 5.74) is 9.61. The molecule has 0 aliphatic rings. The van der Waals surface area contributed by atoms with Gasteiger partial charge in [0.05, 0.1) is 5.51 Å². The first-order valence-electron chi connectivity index (χ1n) is 4.91. The van der Waals surface area contributed by atoms with Crippen LogP contribution in [0.3, 0.4) is 0 Å². The van der Waals surface area contributed by atoms with Crippen molar-refractivity contribution in [2.24, 2.45) is 0 Å². The molecule has 0 atom stereocenters. The third-order valence-corrected chi connectivity index (χ3v) is 2.83. The number of nitrogen functional groups attached to an aromatic ring is 1. The average molecular weight is 244 g/mol. The lowest BCUT2D eigenvalue weighted by Gasteiger charge is -1.94. The minimum atomic E-state index is 0.429. The Labute approximate surface area is 101 Å². The number of hydrogen-bond donors (Lipinski definition) is 1. The summed E-state index contributed by atoms with van der Waals surface area (Å²) in [6.45, 7) is 0. The molecule has 0 saturated heterocycles. The van der Waals surface area contributed by atoms with Crippen LogP contribution >= 0.6 is 11.3 Å². The second kappa shape index (κ2) is 3.99. The molecular weight excluding hydrogens is 236 g/mol. The van der Waals surface area contributed by atoms with Gasteiger partial charge in [0, 0.05) is 16.6 Å². The molecule has 2 heterocycles. The summed E-state index contributed by atoms with van der Waals surface area (Å²) in [7, 11) is 0. The molecule has 0 spiro atoms. The maximum absolute atomic E-state index is 5.61. The summed E-state index contributed by atoms with van der Waals surface area (Å²) in [5, 5.41) is 5.77. The molecular formula is C11H8N4OS. The Balaban J connectivity index is 1.98. The van der Waals surface area contributed by atoms with Gasteiger partial charge in [-0.3, -0.25) is 0 Å². The molecule has 0 aliphatic carbocycles. The zero-order chi connectivity index (χ0) is 11.7. The van der Waals surface area contributed by atoms with Gasteiger partial charge < -0.3 is 10.3 Å². The molecule has 0 saturated carbocycles. The van der Waals surface area contributed by atoms with E-state index in [-0.39, 0.29) is 0 Å². The topological polar surface area (TPSA) is 77.8 Å². The van der Waals surface area contributed by atoms with Gasteiger partial charge in [0.1, 0.15) is 5.69 Å². The Hall–Kier alpha value is -2.21. The summed E-state index contributed by atoms with van der Waals surface area (Å²) in [6, 6.07) is 7.30. The van der Waals surface area contributed by atoms with Crippen LogP contribution in [-0.4, -0.2) is 15.1 Å². The van der Waals surface area contributed by atoms with Gasteiger partial charge in [-0.05, 0) is 24.3 Å². The first-order chi connectivity index (χ1) is 8.33. The highest BCUT2D eigenvalue weighted by atomic mass is 32.1. The molecule has 2 N–H and O–H groups in total. The van der Waals surface area contributed by atoms with Gasteiger partial charge in [-0.25, -0.2) is 4.98 Å². The number of thiazole rings is 1. The number of hydrogen-bond acceptors (Lipinski definition) is 6. The van der Waals surface area contributed by atoms with Crippen molar-refractivity contribution in [1.29, 1.82) is 0 Å². The molecule has 0 bridgehead atoms. The van der Waals surface area contributed by atoms with Crippen LogP contribution in [0.15, 0.2) is 39.7 Å². The van der Waals surface area contributed by atoms with Crippen molar-refractivity contribution in [2.75, 3.05) is 5.73 Å². The van der Waals surface area contributed by atoms with Gasteiger partial charge in [-0.15, -0.1) is 11.3 Å². The van der Waals surface area contributed by atoms with E-state index in [0.29, 0.717) is 23.1 Å². The summed E-state index contributed by atoms with van der Waals surface area (Å²) in [4.78, 5) is 8.39. The zero-order valence-electron chi connectivity index (χ0n) is 8.70. The molecule has 17 heavy (non-hydrogen) atoms. The van der Waals surface area contributed by atoms with Gasteiger partial charge in [0.15, 0.2) is 0 Å². The Morgan fingerprint density at radius 3 is 2.71 bits per heavy atom. The quantitative estimate of drug-likeness (QED) is 0.700. The highest BCUT2D eigenvalue weighted by molar-refractivity contribution is 7.07. The van der Waals surface area contributed by atoms with Crippen LogP contribution in [0.25, 0.3) is 23.0 Å². The Morgan fingerprint density at radius 1 is 1.18 bits per heavy atom. The van der Waals surface area contributed by atoms with Crippen LogP contribution in [0.5, 0.6) is 0 Å². The largest absolute Gasteiger partial charge is 0.399 e. The lowest BCUT2D eigenvalue weighted by atomic mass is 10.2. The predicted octanol–water partition coefficient (Wildman–Crippen LogP) is 2.44. The molecule has 84 valence electrons. The molecule has 0 amide bonds. The fraction of sp³-hybridized carbons (Fsp3) is 0. The summed E-state index contributed by atoms with van der Waals surface area (Å²) >= 11 is 1.49. The molecule has 6 heteroatoms. The van der Waals surface area contributed by atoms with E-state index in [0.717, 1.165) is 5.56 Å². The number of nitrogens with two attached hydrogens (primary N) is 1. The summed E-state index contributed by atoms with van der Waals surface area (Å²) in [6.07, 6.45) is 0. The second-order valence-corrected chi connectivity index (χ2v) is 4.14. The first kappa shape index (κ1) is 9.98. The highest BCUT2D eigenvalue weighted by Gasteiger charge is 2.11. The number of nitrogens with zero attached hydrogens (tertiary/aromatic N) is 3. The number of rotatable bonds is 2. The fourth-order valence-corrected chi connectivity index (χ4v) is 1.92. The van der Waals surface area contributed by atoms with Crippen LogP contribution in [0, 0.1) is 0 Å². The van der Waals surface area contributed by atoms with Gasteiger partial charge in [0.25, 0.3) is 5.89 Å². The molecule has 0 fully saturated rings. The lowest BCUT2D eigenvalue weighted by molar-refractivity contribution is 0.431. The third kappa shape index (κ3) is 1.90. The van der Waals surface area contributed by atoms with Crippen molar-refractivity contribution in [1.82, 2.24) is 15.1 Å². The number of aromatic nitrogens is 3. The first-order valence-corrected chi connectivity index (χ1v) is 5.85. The van der Waals surface area contributed by atoms with Crippen LogP contribution in [0.2, 0.25) is 0 Å². The molecule has 0 aliphatic heterocycles. The SMILES string of the molecule is Nc1ccc(-c2noc(-c3cscn3)n2)cc1. The van der Waals surface area contributed by atoms with E-state index in [1.165, 1.54) is 11.3 Å². The third-order valence-electron chi connectivity index (χ3n) is 2.25. The van der Waals surface area contributed by atoms with E-state index in [1.807, 2.05) is 17.5 Å². The van der Waals surface area contributed by atoms with E-state index >= 15 is 0 Å². The van der Waals surface area contributed by atoms with Crippen molar-refractivity contribution < 1.29 is 4.52 Å². The maximum atomic E-state index is 5.61. The summed E-state index contributed by atoms with van der Waals surface area (Å²) < 4.78 is 5.15. The standard InChI is InChI=1S/C11H8N4OS/c12-8-3-1-7(2-4-8)10-14-11(16-15-10)9-5-17-6-13-9/h1-6H,12H2. The second-order valence-electron chi connectivity index (χ2n) is 3.42. The van der Waals surface area contributed by atoms with Gasteiger partial charge >= 0.3 is 0 Å². The van der Waals surface area contributed by atoms with E-state index < -0.39 is 0 Å². The van der Waals surface area contributed by atoms with Gasteiger partial charge in [-0.1, -0.05) is 5.16 Å². The molecule has 0 radical (unpaired) electrons. The minimum absolute atomic E-state index is 0.429. The van der Waals surface area contributed by atoms with E-state index in [4.69, 9.17) is 10.3 Å². The number of anilines is 1. The van der Waals surface area contributed by atoms with Crippen LogP contribution in [0.4, 0.5) is 5.69 Å². The van der Waals surface area contributed by atoms with Crippen LogP contribution in [-0.2, 0) is 0 Å². The minimum Gasteiger partial charge on any atom is -0.399 e.